The Balaban J connectivity index is 1.19. The van der Waals surface area contributed by atoms with E-state index in [9.17, 15) is 34.0 Å². The summed E-state index contributed by atoms with van der Waals surface area (Å²) in [6.07, 6.45) is -9.89. The molecule has 5 rings (SSSR count). The number of carbonyl (C=O) groups is 1. The minimum absolute atomic E-state index is 0.00520. The Morgan fingerprint density at radius 1 is 1.09 bits per heavy atom. The Morgan fingerprint density at radius 3 is 2.49 bits per heavy atom. The zero-order valence-corrected chi connectivity index (χ0v) is 26.4. The van der Waals surface area contributed by atoms with E-state index in [1.807, 2.05) is 0 Å². The number of halogens is 4. The molecule has 2 aromatic carbocycles. The largest absolute Gasteiger partial charge is 0.451 e. The smallest absolute Gasteiger partial charge is 0.274 e. The molecule has 3 fully saturated rings. The van der Waals surface area contributed by atoms with E-state index in [4.69, 9.17) is 52.7 Å². The van der Waals surface area contributed by atoms with Gasteiger partial charge in [0.25, 0.3) is 6.29 Å². The number of alkyl halides is 1. The van der Waals surface area contributed by atoms with Gasteiger partial charge in [-0.1, -0.05) is 29.3 Å². The van der Waals surface area contributed by atoms with Crippen LogP contribution in [0.2, 0.25) is 10.0 Å². The zero-order chi connectivity index (χ0) is 34.2. The predicted molar refractivity (Wildman–Crippen MR) is 163 cm³/mol. The first-order valence-electron chi connectivity index (χ1n) is 14.3. The third-order valence-corrected chi connectivity index (χ3v) is 8.73. The summed E-state index contributed by atoms with van der Waals surface area (Å²) in [5.74, 6) is -1.42. The summed E-state index contributed by atoms with van der Waals surface area (Å²) in [7, 11) is 0. The summed E-state index contributed by atoms with van der Waals surface area (Å²) in [5.41, 5.74) is 9.67. The highest BCUT2D eigenvalue weighted by Crippen LogP contribution is 2.34. The van der Waals surface area contributed by atoms with Gasteiger partial charge in [0.15, 0.2) is 11.9 Å². The van der Waals surface area contributed by atoms with Gasteiger partial charge in [0.2, 0.25) is 12.1 Å². The van der Waals surface area contributed by atoms with E-state index < -0.39 is 66.9 Å². The lowest BCUT2D eigenvalue weighted by atomic mass is 9.83. The second-order valence-corrected chi connectivity index (χ2v) is 12.0. The van der Waals surface area contributed by atoms with Crippen LogP contribution in [0.5, 0.6) is 5.75 Å². The number of aliphatic hydroxyl groups is 4. The normalized spacial score (nSPS) is 31.6. The number of allylic oxidation sites excluding steroid dienone is 1. The van der Waals surface area contributed by atoms with Crippen LogP contribution in [0.25, 0.3) is 6.08 Å². The van der Waals surface area contributed by atoms with Gasteiger partial charge >= 0.3 is 0 Å². The molecule has 9 atom stereocenters. The fourth-order valence-corrected chi connectivity index (χ4v) is 5.75. The molecule has 47 heavy (non-hydrogen) atoms. The average Bonchev–Trinajstić information content (AvgIpc) is 3.63. The van der Waals surface area contributed by atoms with Crippen molar-refractivity contribution in [2.45, 2.75) is 75.6 Å². The number of anilines is 1. The maximum Gasteiger partial charge on any atom is 0.274 e. The standard InChI is InChI=1S/C30H33Cl2F2N3O10/c1-11(29(42)36-21-23(39)25(41)28-27(24(21)40)43-10-44-28)5-13-3-4-18(17(35)6-13)46-30-20(34)22(38)26(47-30)12(2)37-45-9-14-7-15(33)8-16(31)19(14)32/h3-8,20-25,27-28,30,37-41H,9-10,35H2,1-2H3,(H,36,42)/t20-,21-,22+,23+,24-,25-,27+,28-,30-/m1/s1. The summed E-state index contributed by atoms with van der Waals surface area (Å²) in [6.45, 7) is 2.57. The second kappa shape index (κ2) is 14.5. The Bertz CT molecular complexity index is 1570. The maximum atomic E-state index is 15.0. The molecule has 2 aliphatic heterocycles. The number of carbonyl (C=O) groups excluding carboxylic acids is 1. The lowest BCUT2D eigenvalue weighted by molar-refractivity contribution is -0.155. The molecule has 256 valence electrons. The first-order chi connectivity index (χ1) is 22.3. The number of hydrogen-bond acceptors (Lipinski definition) is 12. The molecule has 13 nitrogen and oxygen atoms in total. The molecule has 8 N–H and O–H groups in total. The lowest BCUT2D eigenvalue weighted by Crippen LogP contribution is -2.67. The van der Waals surface area contributed by atoms with Gasteiger partial charge in [0.05, 0.1) is 27.5 Å². The summed E-state index contributed by atoms with van der Waals surface area (Å²) in [4.78, 5) is 18.2. The van der Waals surface area contributed by atoms with Crippen molar-refractivity contribution < 1.29 is 57.8 Å². The number of aliphatic hydroxyl groups excluding tert-OH is 4. The van der Waals surface area contributed by atoms with Gasteiger partial charge in [-0.15, -0.1) is 0 Å². The average molecular weight is 705 g/mol. The summed E-state index contributed by atoms with van der Waals surface area (Å²) < 4.78 is 50.2. The van der Waals surface area contributed by atoms with Crippen molar-refractivity contribution in [2.24, 2.45) is 0 Å². The predicted octanol–water partition coefficient (Wildman–Crippen LogP) is 1.83. The fraction of sp³-hybridized carbons (Fsp3) is 0.433. The van der Waals surface area contributed by atoms with E-state index in [2.05, 4.69) is 10.8 Å². The van der Waals surface area contributed by atoms with Crippen molar-refractivity contribution in [3.05, 3.63) is 74.4 Å². The first-order valence-corrected chi connectivity index (χ1v) is 15.1. The van der Waals surface area contributed by atoms with Gasteiger partial charge in [-0.3, -0.25) is 15.1 Å². The molecular formula is C30H33Cl2F2N3O10. The molecule has 1 aliphatic carbocycles. The van der Waals surface area contributed by atoms with E-state index in [0.29, 0.717) is 5.56 Å². The van der Waals surface area contributed by atoms with Gasteiger partial charge in [-0.05, 0) is 49.8 Å². The summed E-state index contributed by atoms with van der Waals surface area (Å²) in [6, 6.07) is 5.37. The number of nitrogens with two attached hydrogens (primary N) is 1. The molecule has 0 radical (unpaired) electrons. The molecule has 0 bridgehead atoms. The Kier molecular flexibility index (Phi) is 10.8. The number of hydroxylamine groups is 1. The number of rotatable bonds is 9. The Hall–Kier alpha value is -3.25. The molecule has 2 aromatic rings. The third-order valence-electron chi connectivity index (χ3n) is 7.88. The van der Waals surface area contributed by atoms with E-state index >= 15 is 0 Å². The number of hydrogen-bond donors (Lipinski definition) is 7. The van der Waals surface area contributed by atoms with Crippen molar-refractivity contribution in [3.8, 4) is 5.75 Å². The number of nitrogens with one attached hydrogen (secondary N) is 2. The molecule has 1 amide bonds. The first kappa shape index (κ1) is 35.1. The number of benzene rings is 2. The van der Waals surface area contributed by atoms with E-state index in [1.165, 1.54) is 38.1 Å². The van der Waals surface area contributed by atoms with E-state index in [0.717, 1.165) is 12.1 Å². The highest BCUT2D eigenvalue weighted by Gasteiger charge is 2.53. The SMILES string of the molecule is CC(=Cc1ccc(O[C@@H]2OC(=C(C)NOCc3cc(F)cc(Cl)c3Cl)[C@@H](O)[C@H]2F)c(N)c1)C(=O)N[C@@H]1[C@H](O)[C@@H](O)[C@H]2OCO[C@H]2[C@@H]1O. The van der Waals surface area contributed by atoms with Crippen molar-refractivity contribution in [2.75, 3.05) is 12.5 Å². The van der Waals surface area contributed by atoms with Crippen LogP contribution in [-0.4, -0.2) is 88.3 Å². The van der Waals surface area contributed by atoms with Crippen LogP contribution in [0.15, 0.2) is 47.4 Å². The number of nitrogen functional groups attached to an aromatic ring is 1. The van der Waals surface area contributed by atoms with Crippen LogP contribution in [0, 0.1) is 5.82 Å². The number of fused-ring (bicyclic) bond motifs is 1. The van der Waals surface area contributed by atoms with Crippen LogP contribution in [0.1, 0.15) is 25.0 Å². The molecular weight excluding hydrogens is 671 g/mol. The van der Waals surface area contributed by atoms with Crippen LogP contribution in [0.4, 0.5) is 14.5 Å². The van der Waals surface area contributed by atoms with Gasteiger partial charge in [-0.25, -0.2) is 8.78 Å². The highest BCUT2D eigenvalue weighted by atomic mass is 35.5. The number of ether oxygens (including phenoxy) is 4. The minimum atomic E-state index is -2.01. The highest BCUT2D eigenvalue weighted by molar-refractivity contribution is 6.42. The third kappa shape index (κ3) is 7.43. The van der Waals surface area contributed by atoms with Crippen LogP contribution in [0.3, 0.4) is 0 Å². The van der Waals surface area contributed by atoms with Crippen molar-refractivity contribution in [1.82, 2.24) is 10.8 Å². The van der Waals surface area contributed by atoms with Gasteiger partial charge in [-0.2, -0.15) is 0 Å². The van der Waals surface area contributed by atoms with Crippen LogP contribution < -0.4 is 21.3 Å². The van der Waals surface area contributed by atoms with Crippen LogP contribution >= 0.6 is 23.2 Å². The molecule has 0 spiro atoms. The topological polar surface area (TPSA) is 194 Å². The number of amides is 1. The molecule has 2 saturated heterocycles. The van der Waals surface area contributed by atoms with E-state index in [-0.39, 0.29) is 57.5 Å². The van der Waals surface area contributed by atoms with Gasteiger partial charge in [0, 0.05) is 11.1 Å². The molecule has 3 aliphatic rings. The fourth-order valence-electron chi connectivity index (χ4n) is 5.37. The molecule has 17 heteroatoms. The van der Waals surface area contributed by atoms with Crippen molar-refractivity contribution >= 4 is 40.9 Å². The molecule has 1 saturated carbocycles. The minimum Gasteiger partial charge on any atom is -0.451 e. The van der Waals surface area contributed by atoms with Gasteiger partial charge < -0.3 is 50.4 Å². The molecule has 0 aromatic heterocycles. The Morgan fingerprint density at radius 2 is 1.79 bits per heavy atom. The van der Waals surface area contributed by atoms with E-state index in [1.54, 1.807) is 0 Å². The van der Waals surface area contributed by atoms with Crippen molar-refractivity contribution in [3.63, 3.8) is 0 Å². The van der Waals surface area contributed by atoms with Crippen LogP contribution in [-0.2, 0) is 30.4 Å². The van der Waals surface area contributed by atoms with Gasteiger partial charge in [0.1, 0.15) is 55.5 Å². The summed E-state index contributed by atoms with van der Waals surface area (Å²) >= 11 is 11.9. The quantitative estimate of drug-likeness (QED) is 0.0868. The Labute approximate surface area is 277 Å². The summed E-state index contributed by atoms with van der Waals surface area (Å²) in [5, 5.41) is 44.4. The molecule has 0 unspecified atom stereocenters. The van der Waals surface area contributed by atoms with Crippen molar-refractivity contribution in [1.29, 1.82) is 0 Å². The molecule has 2 heterocycles. The maximum absolute atomic E-state index is 15.0. The second-order valence-electron chi connectivity index (χ2n) is 11.2. The lowest BCUT2D eigenvalue weighted by Gasteiger charge is -2.41. The monoisotopic (exact) mass is 703 g/mol. The zero-order valence-electron chi connectivity index (χ0n) is 24.9.